The third-order valence-electron chi connectivity index (χ3n) is 4.31. The van der Waals surface area contributed by atoms with Crippen molar-refractivity contribution in [2.75, 3.05) is 5.32 Å². The highest BCUT2D eigenvalue weighted by Gasteiger charge is 2.19. The second kappa shape index (κ2) is 9.05. The van der Waals surface area contributed by atoms with Gasteiger partial charge in [-0.15, -0.1) is 0 Å². The first-order valence-corrected chi connectivity index (χ1v) is 10.1. The molecule has 7 heteroatoms. The monoisotopic (exact) mass is 411 g/mol. The summed E-state index contributed by atoms with van der Waals surface area (Å²) in [6, 6.07) is 13.1. The van der Waals surface area contributed by atoms with E-state index in [0.717, 1.165) is 0 Å². The van der Waals surface area contributed by atoms with E-state index in [9.17, 15) is 14.0 Å². The van der Waals surface area contributed by atoms with Gasteiger partial charge < -0.3 is 5.32 Å². The van der Waals surface area contributed by atoms with Crippen molar-refractivity contribution in [1.29, 1.82) is 0 Å². The van der Waals surface area contributed by atoms with Crippen molar-refractivity contribution in [2.45, 2.75) is 31.2 Å². The number of rotatable bonds is 7. The van der Waals surface area contributed by atoms with E-state index in [4.69, 9.17) is 0 Å². The van der Waals surface area contributed by atoms with Gasteiger partial charge in [-0.05, 0) is 49.4 Å². The molecule has 0 aliphatic carbocycles. The normalized spacial score (nSPS) is 12.0. The van der Waals surface area contributed by atoms with Gasteiger partial charge in [-0.3, -0.25) is 14.2 Å². The van der Waals surface area contributed by atoms with E-state index in [-0.39, 0.29) is 28.7 Å². The van der Waals surface area contributed by atoms with E-state index >= 15 is 0 Å². The molecular weight excluding hydrogens is 389 g/mol. The summed E-state index contributed by atoms with van der Waals surface area (Å²) < 4.78 is 15.3. The predicted octanol–water partition coefficient (Wildman–Crippen LogP) is 4.97. The molecule has 0 saturated carbocycles. The fraction of sp³-hybridized carbons (Fsp3) is 0.227. The number of anilines is 1. The van der Waals surface area contributed by atoms with Crippen LogP contribution in [0.15, 0.2) is 66.1 Å². The fourth-order valence-electron chi connectivity index (χ4n) is 2.65. The van der Waals surface area contributed by atoms with Gasteiger partial charge in [0.1, 0.15) is 5.82 Å². The maximum absolute atomic E-state index is 13.5. The average Bonchev–Trinajstić information content (AvgIpc) is 3.16. The molecule has 0 spiro atoms. The zero-order chi connectivity index (χ0) is 21.0. The summed E-state index contributed by atoms with van der Waals surface area (Å²) in [5.74, 6) is -0.571. The van der Waals surface area contributed by atoms with Crippen molar-refractivity contribution in [2.24, 2.45) is 5.92 Å². The zero-order valence-corrected chi connectivity index (χ0v) is 17.2. The predicted molar refractivity (Wildman–Crippen MR) is 113 cm³/mol. The van der Waals surface area contributed by atoms with Crippen LogP contribution in [0.5, 0.6) is 0 Å². The Morgan fingerprint density at radius 3 is 2.48 bits per heavy atom. The number of aromatic nitrogens is 2. The zero-order valence-electron chi connectivity index (χ0n) is 16.4. The largest absolute Gasteiger partial charge is 0.326 e. The molecule has 0 saturated heterocycles. The summed E-state index contributed by atoms with van der Waals surface area (Å²) in [7, 11) is 0. The lowest BCUT2D eigenvalue weighted by Gasteiger charge is -2.13. The number of hydrogen-bond acceptors (Lipinski definition) is 4. The van der Waals surface area contributed by atoms with Crippen LogP contribution in [0.1, 0.15) is 31.1 Å². The molecule has 1 amide bonds. The molecular formula is C22H22FN3O2S. The molecule has 150 valence electrons. The third-order valence-corrected chi connectivity index (χ3v) is 5.39. The Labute approximate surface area is 173 Å². The van der Waals surface area contributed by atoms with Crippen LogP contribution in [0.3, 0.4) is 0 Å². The summed E-state index contributed by atoms with van der Waals surface area (Å²) >= 11 is 1.31. The Hall–Kier alpha value is -2.93. The van der Waals surface area contributed by atoms with Crippen molar-refractivity contribution >= 4 is 29.1 Å². The molecule has 1 N–H and O–H groups in total. The van der Waals surface area contributed by atoms with Crippen molar-refractivity contribution in [3.8, 4) is 5.69 Å². The highest BCUT2D eigenvalue weighted by Crippen LogP contribution is 2.27. The SMILES string of the molecule is CC(C)C(=O)Nc1ccc(C(=O)C(C)Sc2nccn2-c2cccc(F)c2)cc1. The van der Waals surface area contributed by atoms with Crippen LogP contribution < -0.4 is 5.32 Å². The molecule has 0 aliphatic heterocycles. The third kappa shape index (κ3) is 5.12. The smallest absolute Gasteiger partial charge is 0.226 e. The number of imidazole rings is 1. The Balaban J connectivity index is 1.70. The van der Waals surface area contributed by atoms with Gasteiger partial charge in [-0.1, -0.05) is 31.7 Å². The van der Waals surface area contributed by atoms with Gasteiger partial charge in [0.2, 0.25) is 5.91 Å². The van der Waals surface area contributed by atoms with Gasteiger partial charge in [-0.2, -0.15) is 0 Å². The topological polar surface area (TPSA) is 64.0 Å². The number of benzene rings is 2. The Kier molecular flexibility index (Phi) is 6.49. The number of halogens is 1. The van der Waals surface area contributed by atoms with Gasteiger partial charge in [-0.25, -0.2) is 9.37 Å². The number of ketones is 1. The Bertz CT molecular complexity index is 1010. The van der Waals surface area contributed by atoms with Crippen molar-refractivity contribution in [3.05, 3.63) is 72.3 Å². The lowest BCUT2D eigenvalue weighted by Crippen LogP contribution is -2.18. The molecule has 29 heavy (non-hydrogen) atoms. The first-order valence-electron chi connectivity index (χ1n) is 9.26. The number of thioether (sulfide) groups is 1. The van der Waals surface area contributed by atoms with E-state index in [0.29, 0.717) is 22.1 Å². The molecule has 0 fully saturated rings. The molecule has 3 aromatic rings. The van der Waals surface area contributed by atoms with Crippen molar-refractivity contribution in [3.63, 3.8) is 0 Å². The molecule has 3 rings (SSSR count). The summed E-state index contributed by atoms with van der Waals surface area (Å²) in [6.07, 6.45) is 3.36. The van der Waals surface area contributed by atoms with Crippen LogP contribution in [0.4, 0.5) is 10.1 Å². The van der Waals surface area contributed by atoms with Crippen LogP contribution in [0.2, 0.25) is 0 Å². The van der Waals surface area contributed by atoms with E-state index in [1.54, 1.807) is 53.4 Å². The summed E-state index contributed by atoms with van der Waals surface area (Å²) in [4.78, 5) is 28.9. The number of Topliss-reactive ketones (excluding diaryl/α,β-unsaturated/α-hetero) is 1. The molecule has 1 aromatic heterocycles. The van der Waals surface area contributed by atoms with Crippen molar-refractivity contribution < 1.29 is 14.0 Å². The minimum atomic E-state index is -0.388. The van der Waals surface area contributed by atoms with Gasteiger partial charge in [0.05, 0.1) is 10.9 Å². The maximum atomic E-state index is 13.5. The molecule has 1 heterocycles. The fourth-order valence-corrected chi connectivity index (χ4v) is 3.61. The van der Waals surface area contributed by atoms with Crippen LogP contribution in [-0.2, 0) is 4.79 Å². The van der Waals surface area contributed by atoms with E-state index < -0.39 is 0 Å². The Morgan fingerprint density at radius 1 is 1.10 bits per heavy atom. The molecule has 0 radical (unpaired) electrons. The van der Waals surface area contributed by atoms with Crippen LogP contribution in [-0.4, -0.2) is 26.5 Å². The number of nitrogens with one attached hydrogen (secondary N) is 1. The Morgan fingerprint density at radius 2 is 1.83 bits per heavy atom. The highest BCUT2D eigenvalue weighted by atomic mass is 32.2. The first-order chi connectivity index (χ1) is 13.8. The number of carbonyl (C=O) groups is 2. The summed E-state index contributed by atoms with van der Waals surface area (Å²) in [6.45, 7) is 5.45. The molecule has 5 nitrogen and oxygen atoms in total. The molecule has 0 bridgehead atoms. The van der Waals surface area contributed by atoms with Crippen LogP contribution in [0.25, 0.3) is 5.69 Å². The van der Waals surface area contributed by atoms with E-state index in [1.807, 2.05) is 20.8 Å². The second-order valence-corrected chi connectivity index (χ2v) is 8.21. The lowest BCUT2D eigenvalue weighted by atomic mass is 10.1. The highest BCUT2D eigenvalue weighted by molar-refractivity contribution is 8.00. The number of hydrogen-bond donors (Lipinski definition) is 1. The maximum Gasteiger partial charge on any atom is 0.226 e. The molecule has 1 atom stereocenters. The lowest BCUT2D eigenvalue weighted by molar-refractivity contribution is -0.118. The molecule has 2 aromatic carbocycles. The van der Waals surface area contributed by atoms with Crippen LogP contribution >= 0.6 is 11.8 Å². The van der Waals surface area contributed by atoms with Crippen molar-refractivity contribution in [1.82, 2.24) is 9.55 Å². The minimum absolute atomic E-state index is 0.0504. The summed E-state index contributed by atoms with van der Waals surface area (Å²) in [5, 5.41) is 3.02. The van der Waals surface area contributed by atoms with E-state index in [2.05, 4.69) is 10.3 Å². The minimum Gasteiger partial charge on any atom is -0.326 e. The van der Waals surface area contributed by atoms with E-state index in [1.165, 1.54) is 23.9 Å². The number of carbonyl (C=O) groups excluding carboxylic acids is 2. The number of nitrogens with zero attached hydrogens (tertiary/aromatic N) is 2. The summed E-state index contributed by atoms with van der Waals surface area (Å²) in [5.41, 5.74) is 1.86. The van der Waals surface area contributed by atoms with Gasteiger partial charge in [0.25, 0.3) is 0 Å². The standard InChI is InChI=1S/C22H22FN3O2S/c1-14(2)21(28)25-18-9-7-16(8-10-18)20(27)15(3)29-22-24-11-12-26(22)19-6-4-5-17(23)13-19/h4-15H,1-3H3,(H,25,28). The van der Waals surface area contributed by atoms with Gasteiger partial charge in [0, 0.05) is 29.6 Å². The molecule has 1 unspecified atom stereocenters. The quantitative estimate of drug-likeness (QED) is 0.440. The second-order valence-electron chi connectivity index (χ2n) is 6.91. The van der Waals surface area contributed by atoms with Gasteiger partial charge >= 0.3 is 0 Å². The van der Waals surface area contributed by atoms with Gasteiger partial charge in [0.15, 0.2) is 10.9 Å². The average molecular weight is 412 g/mol. The molecule has 0 aliphatic rings. The van der Waals surface area contributed by atoms with Crippen LogP contribution in [0, 0.1) is 11.7 Å². The number of amides is 1. The first kappa shape index (κ1) is 20.8.